The maximum atomic E-state index is 10.8. The number of hydrogen-bond donors (Lipinski definition) is 1. The first-order valence-corrected chi connectivity index (χ1v) is 9.94. The lowest BCUT2D eigenvalue weighted by atomic mass is 9.89. The minimum absolute atomic E-state index is 0.120. The fourth-order valence-corrected chi connectivity index (χ4v) is 2.41. The topological polar surface area (TPSA) is 53.9 Å². The summed E-state index contributed by atoms with van der Waals surface area (Å²) in [6, 6.07) is 8.11. The number of carbonyl (C=O) groups is 1. The molecule has 0 heterocycles. The van der Waals surface area contributed by atoms with Crippen molar-refractivity contribution in [3.8, 4) is 18.1 Å². The molecule has 1 aromatic rings. The van der Waals surface area contributed by atoms with Gasteiger partial charge in [0.2, 0.25) is 0 Å². The van der Waals surface area contributed by atoms with E-state index in [1.165, 1.54) is 5.56 Å². The van der Waals surface area contributed by atoms with E-state index in [2.05, 4.69) is 54.4 Å². The summed E-state index contributed by atoms with van der Waals surface area (Å²) >= 11 is 0. The molecule has 0 fully saturated rings. The minimum Gasteiger partial charge on any atom is -0.493 e. The van der Waals surface area contributed by atoms with Crippen LogP contribution in [0.1, 0.15) is 39.2 Å². The van der Waals surface area contributed by atoms with Crippen LogP contribution in [-0.2, 0) is 4.79 Å². The average molecular weight is 404 g/mol. The van der Waals surface area contributed by atoms with Crippen molar-refractivity contribution in [2.24, 2.45) is 10.4 Å². The quantitative estimate of drug-likeness (QED) is 0.366. The monoisotopic (exact) mass is 403 g/mol. The molecule has 164 valence electrons. The van der Waals surface area contributed by atoms with Crippen LogP contribution in [0, 0.1) is 24.7 Å². The van der Waals surface area contributed by atoms with Crippen molar-refractivity contribution < 1.29 is 9.53 Å². The van der Waals surface area contributed by atoms with Crippen LogP contribution in [0.3, 0.4) is 0 Å². The summed E-state index contributed by atoms with van der Waals surface area (Å²) in [4.78, 5) is 16.9. The van der Waals surface area contributed by atoms with E-state index in [9.17, 15) is 4.79 Å². The Bertz CT molecular complexity index is 619. The van der Waals surface area contributed by atoms with E-state index >= 15 is 0 Å². The van der Waals surface area contributed by atoms with E-state index in [4.69, 9.17) is 4.74 Å². The molecule has 0 bridgehead atoms. The SMILES string of the molecule is C#CC.CN=C(C=O)CN(C)CCCC(C)(C)COc1ccccc1C.CNC. The Hall–Kier alpha value is -2.16. The van der Waals surface area contributed by atoms with Crippen LogP contribution in [0.5, 0.6) is 5.75 Å². The first kappa shape index (κ1) is 29.0. The van der Waals surface area contributed by atoms with Gasteiger partial charge < -0.3 is 15.0 Å². The highest BCUT2D eigenvalue weighted by Gasteiger charge is 2.19. The Morgan fingerprint density at radius 3 is 2.38 bits per heavy atom. The summed E-state index contributed by atoms with van der Waals surface area (Å²) in [5.74, 6) is 3.22. The third-order valence-corrected chi connectivity index (χ3v) is 3.96. The molecule has 1 N–H and O–H groups in total. The average Bonchev–Trinajstić information content (AvgIpc) is 2.66. The minimum atomic E-state index is 0.120. The second-order valence-corrected chi connectivity index (χ2v) is 7.68. The standard InChI is InChI=1S/C19H30N2O2.C3H4.C2H7N/c1-16-9-6-7-10-18(16)23-15-19(2,3)11-8-12-21(5)13-17(14-22)20-4;2*1-3-2/h6-7,9-10,14H,8,11-13,15H2,1-5H3;1H,2H3;3H,1-2H3. The van der Waals surface area contributed by atoms with Gasteiger partial charge >= 0.3 is 0 Å². The summed E-state index contributed by atoms with van der Waals surface area (Å²) < 4.78 is 5.98. The predicted octanol–water partition coefficient (Wildman–Crippen LogP) is 3.86. The number of carbonyl (C=O) groups excluding carboxylic acids is 1. The highest BCUT2D eigenvalue weighted by molar-refractivity contribution is 6.29. The van der Waals surface area contributed by atoms with Crippen molar-refractivity contribution in [2.45, 2.75) is 40.5 Å². The maximum Gasteiger partial charge on any atom is 0.165 e. The predicted molar refractivity (Wildman–Crippen MR) is 126 cm³/mol. The molecule has 0 saturated heterocycles. The van der Waals surface area contributed by atoms with Gasteiger partial charge in [0, 0.05) is 13.6 Å². The van der Waals surface area contributed by atoms with Gasteiger partial charge in [-0.1, -0.05) is 32.0 Å². The number of aryl methyl sites for hydroxylation is 1. The first-order chi connectivity index (χ1) is 13.7. The number of nitrogens with one attached hydrogen (secondary N) is 1. The Balaban J connectivity index is 0. The fraction of sp³-hybridized carbons (Fsp3) is 0.583. The number of rotatable bonds is 10. The van der Waals surface area contributed by atoms with Crippen LogP contribution in [0.4, 0.5) is 0 Å². The van der Waals surface area contributed by atoms with E-state index < -0.39 is 0 Å². The zero-order valence-electron chi connectivity index (χ0n) is 19.7. The molecule has 0 amide bonds. The number of terminal acetylenes is 1. The molecule has 5 nitrogen and oxygen atoms in total. The van der Waals surface area contributed by atoms with Gasteiger partial charge in [0.05, 0.1) is 12.3 Å². The highest BCUT2D eigenvalue weighted by Crippen LogP contribution is 2.25. The maximum absolute atomic E-state index is 10.8. The zero-order valence-corrected chi connectivity index (χ0v) is 19.7. The molecular formula is C24H41N3O2. The highest BCUT2D eigenvalue weighted by atomic mass is 16.5. The molecule has 0 unspecified atom stereocenters. The second-order valence-electron chi connectivity index (χ2n) is 7.68. The van der Waals surface area contributed by atoms with Gasteiger partial charge in [0.1, 0.15) is 5.75 Å². The Morgan fingerprint density at radius 2 is 1.90 bits per heavy atom. The summed E-state index contributed by atoms with van der Waals surface area (Å²) in [7, 11) is 7.43. The molecule has 29 heavy (non-hydrogen) atoms. The van der Waals surface area contributed by atoms with E-state index in [0.717, 1.165) is 31.4 Å². The molecule has 0 spiro atoms. The lowest BCUT2D eigenvalue weighted by molar-refractivity contribution is -0.102. The van der Waals surface area contributed by atoms with Gasteiger partial charge in [-0.3, -0.25) is 9.79 Å². The van der Waals surface area contributed by atoms with Gasteiger partial charge in [-0.05, 0) is 71.4 Å². The summed E-state index contributed by atoms with van der Waals surface area (Å²) in [6.07, 6.45) is 7.57. The van der Waals surface area contributed by atoms with Gasteiger partial charge in [0.15, 0.2) is 6.29 Å². The molecular weight excluding hydrogens is 362 g/mol. The van der Waals surface area contributed by atoms with Crippen molar-refractivity contribution in [3.63, 3.8) is 0 Å². The third kappa shape index (κ3) is 16.5. The zero-order chi connectivity index (χ0) is 22.7. The number of benzene rings is 1. The molecule has 1 aromatic carbocycles. The second kappa shape index (κ2) is 17.9. The van der Waals surface area contributed by atoms with Crippen LogP contribution < -0.4 is 10.1 Å². The molecule has 0 aliphatic rings. The number of nitrogens with zero attached hydrogens (tertiary/aromatic N) is 2. The van der Waals surface area contributed by atoms with Crippen molar-refractivity contribution in [1.82, 2.24) is 10.2 Å². The molecule has 0 aromatic heterocycles. The first-order valence-electron chi connectivity index (χ1n) is 9.94. The molecule has 0 aliphatic heterocycles. The number of ether oxygens (including phenoxy) is 1. The fourth-order valence-electron chi connectivity index (χ4n) is 2.41. The number of hydrogen-bond acceptors (Lipinski definition) is 5. The molecule has 1 rings (SSSR count). The van der Waals surface area contributed by atoms with Crippen molar-refractivity contribution in [1.29, 1.82) is 0 Å². The number of aldehydes is 1. The van der Waals surface area contributed by atoms with Crippen LogP contribution in [0.2, 0.25) is 0 Å². The Morgan fingerprint density at radius 1 is 1.34 bits per heavy atom. The largest absolute Gasteiger partial charge is 0.493 e. The summed E-state index contributed by atoms with van der Waals surface area (Å²) in [5, 5.41) is 2.75. The van der Waals surface area contributed by atoms with Gasteiger partial charge in [0.25, 0.3) is 0 Å². The molecule has 0 aliphatic carbocycles. The van der Waals surface area contributed by atoms with Crippen LogP contribution in [-0.4, -0.2) is 64.8 Å². The Labute approximate surface area is 178 Å². The van der Waals surface area contributed by atoms with Crippen molar-refractivity contribution in [3.05, 3.63) is 29.8 Å². The van der Waals surface area contributed by atoms with Crippen molar-refractivity contribution in [2.75, 3.05) is 47.9 Å². The van der Waals surface area contributed by atoms with E-state index in [0.29, 0.717) is 18.9 Å². The van der Waals surface area contributed by atoms with Crippen LogP contribution in [0.15, 0.2) is 29.3 Å². The number of aliphatic imine (C=N–C) groups is 1. The van der Waals surface area contributed by atoms with Crippen LogP contribution in [0.25, 0.3) is 0 Å². The van der Waals surface area contributed by atoms with Gasteiger partial charge in [-0.25, -0.2) is 0 Å². The lowest BCUT2D eigenvalue weighted by Crippen LogP contribution is -2.29. The number of para-hydroxylation sites is 1. The smallest absolute Gasteiger partial charge is 0.165 e. The molecule has 0 saturated carbocycles. The van der Waals surface area contributed by atoms with Gasteiger partial charge in [-0.15, -0.1) is 12.3 Å². The van der Waals surface area contributed by atoms with Crippen molar-refractivity contribution >= 4 is 12.0 Å². The lowest BCUT2D eigenvalue weighted by Gasteiger charge is -2.26. The van der Waals surface area contributed by atoms with Crippen LogP contribution >= 0.6 is 0 Å². The molecule has 5 heteroatoms. The van der Waals surface area contributed by atoms with E-state index in [1.54, 1.807) is 14.0 Å². The molecule has 0 atom stereocenters. The third-order valence-electron chi connectivity index (χ3n) is 3.96. The normalized spacial score (nSPS) is 10.8. The van der Waals surface area contributed by atoms with E-state index in [1.807, 2.05) is 39.3 Å². The summed E-state index contributed by atoms with van der Waals surface area (Å²) in [5.41, 5.74) is 1.88. The van der Waals surface area contributed by atoms with E-state index in [-0.39, 0.29) is 5.41 Å². The molecule has 0 radical (unpaired) electrons. The summed E-state index contributed by atoms with van der Waals surface area (Å²) in [6.45, 7) is 10.4. The van der Waals surface area contributed by atoms with Gasteiger partial charge in [-0.2, -0.15) is 0 Å². The Kier molecular flexibility index (Phi) is 17.9.